The zero-order valence-corrected chi connectivity index (χ0v) is 25.9. The lowest BCUT2D eigenvalue weighted by Crippen LogP contribution is -2.08. The summed E-state index contributed by atoms with van der Waals surface area (Å²) in [5, 5.41) is 1.53. The summed E-state index contributed by atoms with van der Waals surface area (Å²) in [6, 6.07) is 0. The highest BCUT2D eigenvalue weighted by molar-refractivity contribution is 6.43. The first kappa shape index (κ1) is 37.7. The van der Waals surface area contributed by atoms with Crippen molar-refractivity contribution in [1.82, 2.24) is 0 Å². The van der Waals surface area contributed by atoms with E-state index in [4.69, 9.17) is 28.4 Å². The zero-order chi connectivity index (χ0) is 26.8. The summed E-state index contributed by atoms with van der Waals surface area (Å²) in [6.45, 7) is 25.8. The van der Waals surface area contributed by atoms with Gasteiger partial charge in [-0.1, -0.05) is 43.7 Å². The lowest BCUT2D eigenvalue weighted by molar-refractivity contribution is -0.0590. The molecule has 0 rings (SSSR count). The lowest BCUT2D eigenvalue weighted by atomic mass is 9.98. The molecule has 0 unspecified atom stereocenters. The van der Waals surface area contributed by atoms with Gasteiger partial charge in [-0.05, 0) is 64.7 Å². The largest absolute Gasteiger partial charge is 0.382 e. The van der Waals surface area contributed by atoms with Gasteiger partial charge in [0.2, 0.25) is 0 Å². The van der Waals surface area contributed by atoms with Crippen LogP contribution >= 0.6 is 0 Å². The molecular formula is C27H56O6Si. The minimum Gasteiger partial charge on any atom is -0.382 e. The van der Waals surface area contributed by atoms with Gasteiger partial charge in [-0.15, -0.1) is 0 Å². The lowest BCUT2D eigenvalue weighted by Gasteiger charge is -2.12. The molecule has 0 saturated heterocycles. The van der Waals surface area contributed by atoms with E-state index in [0.29, 0.717) is 53.2 Å². The predicted octanol–water partition coefficient (Wildman–Crippen LogP) is 5.87. The Hall–Kier alpha value is -0.803. The molecule has 0 aliphatic carbocycles. The van der Waals surface area contributed by atoms with E-state index in [1.54, 1.807) is 14.2 Å². The van der Waals surface area contributed by atoms with Crippen LogP contribution in [-0.2, 0) is 28.4 Å². The fourth-order valence-corrected chi connectivity index (χ4v) is 3.05. The Morgan fingerprint density at radius 1 is 0.588 bits per heavy atom. The third-order valence-corrected chi connectivity index (χ3v) is 7.13. The summed E-state index contributed by atoms with van der Waals surface area (Å²) < 4.78 is 31.0. The van der Waals surface area contributed by atoms with Crippen molar-refractivity contribution in [3.05, 3.63) is 33.1 Å². The molecule has 0 heterocycles. The maximum absolute atomic E-state index is 5.47. The van der Waals surface area contributed by atoms with E-state index in [1.165, 1.54) is 33.1 Å². The highest BCUT2D eigenvalue weighted by atomic mass is 28.2. The van der Waals surface area contributed by atoms with E-state index in [9.17, 15) is 0 Å². The van der Waals surface area contributed by atoms with Crippen molar-refractivity contribution in [3.63, 3.8) is 0 Å². The van der Waals surface area contributed by atoms with Crippen LogP contribution in [0.2, 0.25) is 6.55 Å². The van der Waals surface area contributed by atoms with Gasteiger partial charge in [0.25, 0.3) is 0 Å². The van der Waals surface area contributed by atoms with Gasteiger partial charge in [-0.2, -0.15) is 0 Å². The molecule has 0 radical (unpaired) electrons. The van der Waals surface area contributed by atoms with Crippen LogP contribution < -0.4 is 0 Å². The van der Waals surface area contributed by atoms with E-state index < -0.39 is 0 Å². The Morgan fingerprint density at radius 2 is 1.00 bits per heavy atom. The molecule has 0 spiro atoms. The van der Waals surface area contributed by atoms with E-state index in [1.807, 2.05) is 13.8 Å². The van der Waals surface area contributed by atoms with Crippen molar-refractivity contribution in [1.29, 1.82) is 0 Å². The molecule has 0 aliphatic heterocycles. The molecular weight excluding hydrogens is 448 g/mol. The molecule has 0 aromatic heterocycles. The van der Waals surface area contributed by atoms with E-state index >= 15 is 0 Å². The second-order valence-electron chi connectivity index (χ2n) is 7.81. The second-order valence-corrected chi connectivity index (χ2v) is 9.58. The van der Waals surface area contributed by atoms with Gasteiger partial charge in [-0.25, -0.2) is 0 Å². The predicted molar refractivity (Wildman–Crippen MR) is 148 cm³/mol. The minimum atomic E-state index is -0.0179. The molecule has 0 aliphatic rings. The van der Waals surface area contributed by atoms with Gasteiger partial charge >= 0.3 is 0 Å². The van der Waals surface area contributed by atoms with Crippen LogP contribution in [0, 0.1) is 0 Å². The van der Waals surface area contributed by atoms with Gasteiger partial charge in [-0.3, -0.25) is 0 Å². The van der Waals surface area contributed by atoms with Gasteiger partial charge in [0, 0.05) is 23.7 Å². The smallest absolute Gasteiger partial charge is 0.147 e. The maximum Gasteiger partial charge on any atom is 0.147 e. The maximum atomic E-state index is 5.47. The normalized spacial score (nSPS) is 13.4. The first-order chi connectivity index (χ1) is 16.3. The van der Waals surface area contributed by atoms with Crippen LogP contribution in [0.1, 0.15) is 68.7 Å². The van der Waals surface area contributed by atoms with Crippen LogP contribution in [0.15, 0.2) is 33.1 Å². The molecule has 0 fully saturated rings. The summed E-state index contributed by atoms with van der Waals surface area (Å²) in [5.41, 5.74) is 6.75. The van der Waals surface area contributed by atoms with Crippen molar-refractivity contribution >= 4 is 9.52 Å². The molecule has 34 heavy (non-hydrogen) atoms. The number of ether oxygens (including phenoxy) is 6. The molecule has 204 valence electrons. The van der Waals surface area contributed by atoms with E-state index in [0.717, 1.165) is 6.42 Å². The Bertz CT molecular complexity index is 555. The van der Waals surface area contributed by atoms with Crippen LogP contribution in [0.4, 0.5) is 0 Å². The summed E-state index contributed by atoms with van der Waals surface area (Å²) in [6.07, 6.45) is 1.09. The number of allylic oxidation sites excluding steroid dienone is 4. The zero-order valence-electron chi connectivity index (χ0n) is 24.5. The Labute approximate surface area is 213 Å². The molecule has 0 N–H and O–H groups in total. The van der Waals surface area contributed by atoms with Crippen molar-refractivity contribution in [2.24, 2.45) is 0 Å². The van der Waals surface area contributed by atoms with Crippen molar-refractivity contribution in [2.45, 2.75) is 75.3 Å². The van der Waals surface area contributed by atoms with Crippen molar-refractivity contribution in [3.8, 4) is 0 Å². The van der Waals surface area contributed by atoms with Crippen molar-refractivity contribution < 1.29 is 28.4 Å². The molecule has 0 saturated carbocycles. The SMILES string of the molecule is CC.CC/C(C)=C(C)/C(C)=C(\C)COCOCCOC.COCCOCOC/C(C)=C(\C)[SiH2]C. The average molecular weight is 505 g/mol. The average Bonchev–Trinajstić information content (AvgIpc) is 2.87. The highest BCUT2D eigenvalue weighted by Gasteiger charge is 2.03. The first-order valence-electron chi connectivity index (χ1n) is 12.5. The fraction of sp³-hybridized carbons (Fsp3) is 0.778. The van der Waals surface area contributed by atoms with Gasteiger partial charge in [0.15, 0.2) is 0 Å². The van der Waals surface area contributed by atoms with Crippen LogP contribution in [0.3, 0.4) is 0 Å². The molecule has 7 heteroatoms. The topological polar surface area (TPSA) is 55.4 Å². The molecule has 0 aromatic carbocycles. The summed E-state index contributed by atoms with van der Waals surface area (Å²) >= 11 is 0. The Balaban J connectivity index is -0.000000541. The van der Waals surface area contributed by atoms with E-state index in [2.05, 4.69) is 55.0 Å². The standard InChI is InChI=1S/C15H28O3.C10H22O3Si.C2H6/c1-7-12(2)14(4)15(5)13(3)10-18-11-17-9-8-16-6;1-9(10(2)14-4)7-13-8-12-6-5-11-3;1-2/h7-11H2,1-6H3;5-8,14H2,1-4H3;1-2H3/b14-12+,15-13+;10-9+;. The summed E-state index contributed by atoms with van der Waals surface area (Å²) in [7, 11) is 3.30. The first-order valence-corrected chi connectivity index (χ1v) is 14.7. The number of hydrogen-bond acceptors (Lipinski definition) is 6. The number of rotatable bonds is 17. The van der Waals surface area contributed by atoms with Crippen LogP contribution in [0.25, 0.3) is 0 Å². The van der Waals surface area contributed by atoms with Gasteiger partial charge in [0.1, 0.15) is 13.6 Å². The molecule has 0 amide bonds. The van der Waals surface area contributed by atoms with E-state index in [-0.39, 0.29) is 9.52 Å². The fourth-order valence-electron chi connectivity index (χ4n) is 2.35. The number of methoxy groups -OCH3 is 2. The number of hydrogen-bond donors (Lipinski definition) is 0. The monoisotopic (exact) mass is 504 g/mol. The Kier molecular flexibility index (Phi) is 31.6. The Morgan fingerprint density at radius 3 is 1.38 bits per heavy atom. The molecule has 0 atom stereocenters. The summed E-state index contributed by atoms with van der Waals surface area (Å²) in [5.74, 6) is 0. The van der Waals surface area contributed by atoms with Crippen LogP contribution in [-0.4, -0.2) is 77.0 Å². The third-order valence-electron chi connectivity index (χ3n) is 5.47. The molecule has 0 aromatic rings. The van der Waals surface area contributed by atoms with Gasteiger partial charge in [0.05, 0.1) is 39.6 Å². The minimum absolute atomic E-state index is 0.0179. The van der Waals surface area contributed by atoms with Crippen LogP contribution in [0.5, 0.6) is 0 Å². The molecule has 0 bridgehead atoms. The summed E-state index contributed by atoms with van der Waals surface area (Å²) in [4.78, 5) is 0. The van der Waals surface area contributed by atoms with Gasteiger partial charge < -0.3 is 28.4 Å². The van der Waals surface area contributed by atoms with Crippen molar-refractivity contribution in [2.75, 3.05) is 67.4 Å². The highest BCUT2D eigenvalue weighted by Crippen LogP contribution is 2.19. The second kappa shape index (κ2) is 28.4. The molecule has 6 nitrogen and oxygen atoms in total. The quantitative estimate of drug-likeness (QED) is 0.107. The third kappa shape index (κ3) is 23.0.